The third kappa shape index (κ3) is 4.16. The van der Waals surface area contributed by atoms with Crippen molar-refractivity contribution in [1.29, 1.82) is 0 Å². The molecule has 2 heterocycles. The van der Waals surface area contributed by atoms with Crippen LogP contribution in [0.2, 0.25) is 5.02 Å². The second-order valence-electron chi connectivity index (χ2n) is 4.87. The van der Waals surface area contributed by atoms with E-state index in [-0.39, 0.29) is 12.0 Å². The van der Waals surface area contributed by atoms with Crippen LogP contribution in [0.15, 0.2) is 18.3 Å². The average Bonchev–Trinajstić information content (AvgIpc) is 2.48. The first kappa shape index (κ1) is 15.2. The van der Waals surface area contributed by atoms with Crippen LogP contribution in [0, 0.1) is 0 Å². The quantitative estimate of drug-likeness (QED) is 0.840. The molecular weight excluding hydrogens is 278 g/mol. The zero-order valence-electron chi connectivity index (χ0n) is 11.4. The number of rotatable bonds is 5. The van der Waals surface area contributed by atoms with Crippen molar-refractivity contribution in [2.75, 3.05) is 26.2 Å². The number of hydrogen-bond acceptors (Lipinski definition) is 4. The molecule has 2 N–H and O–H groups in total. The molecule has 1 saturated heterocycles. The predicted octanol–water partition coefficient (Wildman–Crippen LogP) is 1.71. The van der Waals surface area contributed by atoms with Gasteiger partial charge in [-0.15, -0.1) is 0 Å². The summed E-state index contributed by atoms with van der Waals surface area (Å²) in [6, 6.07) is 3.35. The van der Waals surface area contributed by atoms with Gasteiger partial charge in [0.2, 0.25) is 0 Å². The zero-order valence-corrected chi connectivity index (χ0v) is 12.2. The third-order valence-electron chi connectivity index (χ3n) is 3.38. The van der Waals surface area contributed by atoms with Crippen LogP contribution < -0.4 is 5.73 Å². The van der Waals surface area contributed by atoms with Gasteiger partial charge in [0, 0.05) is 25.9 Å². The average molecular weight is 298 g/mol. The number of amides is 1. The zero-order chi connectivity index (χ0) is 14.4. The number of ether oxygens (including phenoxy) is 1. The van der Waals surface area contributed by atoms with E-state index in [4.69, 9.17) is 22.1 Å². The molecule has 110 valence electrons. The summed E-state index contributed by atoms with van der Waals surface area (Å²) in [5.41, 5.74) is 5.87. The molecule has 1 aliphatic rings. The molecule has 0 aromatic carbocycles. The Hall–Kier alpha value is -1.17. The minimum absolute atomic E-state index is 0.0397. The molecule has 0 unspecified atom stereocenters. The summed E-state index contributed by atoms with van der Waals surface area (Å²) in [6.07, 6.45) is 4.35. The van der Waals surface area contributed by atoms with Gasteiger partial charge in [-0.3, -0.25) is 4.79 Å². The van der Waals surface area contributed by atoms with Gasteiger partial charge in [-0.1, -0.05) is 11.6 Å². The molecule has 1 amide bonds. The second kappa shape index (κ2) is 7.57. The number of likely N-dealkylation sites (tertiary alicyclic amines) is 1. The van der Waals surface area contributed by atoms with Gasteiger partial charge in [-0.2, -0.15) is 0 Å². The largest absolute Gasteiger partial charge is 0.378 e. The molecule has 2 rings (SSSR count). The van der Waals surface area contributed by atoms with Gasteiger partial charge in [-0.25, -0.2) is 4.98 Å². The number of aromatic nitrogens is 1. The highest BCUT2D eigenvalue weighted by Crippen LogP contribution is 2.16. The van der Waals surface area contributed by atoms with Gasteiger partial charge < -0.3 is 15.4 Å². The standard InChI is InChI=1S/C14H20ClN3O2/c15-11-2-3-13(17-10-11)14(19)18-7-4-12(5-8-18)20-9-1-6-16/h2-3,10,12H,1,4-9,16H2. The fourth-order valence-corrected chi connectivity index (χ4v) is 2.34. The van der Waals surface area contributed by atoms with E-state index in [1.165, 1.54) is 6.20 Å². The van der Waals surface area contributed by atoms with Crippen molar-refractivity contribution in [3.05, 3.63) is 29.0 Å². The normalized spacial score (nSPS) is 16.4. The van der Waals surface area contributed by atoms with Gasteiger partial charge >= 0.3 is 0 Å². The van der Waals surface area contributed by atoms with Crippen LogP contribution in [-0.2, 0) is 4.74 Å². The molecule has 20 heavy (non-hydrogen) atoms. The third-order valence-corrected chi connectivity index (χ3v) is 3.60. The Kier molecular flexibility index (Phi) is 5.76. The van der Waals surface area contributed by atoms with Crippen LogP contribution in [0.5, 0.6) is 0 Å². The molecule has 0 spiro atoms. The van der Waals surface area contributed by atoms with Crippen molar-refractivity contribution in [2.45, 2.75) is 25.4 Å². The summed E-state index contributed by atoms with van der Waals surface area (Å²) in [7, 11) is 0. The van der Waals surface area contributed by atoms with Crippen LogP contribution in [-0.4, -0.2) is 48.1 Å². The lowest BCUT2D eigenvalue weighted by Gasteiger charge is -2.31. The van der Waals surface area contributed by atoms with Gasteiger partial charge in [0.05, 0.1) is 11.1 Å². The highest BCUT2D eigenvalue weighted by Gasteiger charge is 2.24. The molecule has 0 radical (unpaired) electrons. The predicted molar refractivity (Wildman–Crippen MR) is 77.8 cm³/mol. The van der Waals surface area contributed by atoms with Crippen LogP contribution in [0.25, 0.3) is 0 Å². The lowest BCUT2D eigenvalue weighted by Crippen LogP contribution is -2.41. The Labute approximate surface area is 124 Å². The fraction of sp³-hybridized carbons (Fsp3) is 0.571. The maximum Gasteiger partial charge on any atom is 0.272 e. The van der Waals surface area contributed by atoms with Crippen molar-refractivity contribution in [1.82, 2.24) is 9.88 Å². The summed E-state index contributed by atoms with van der Waals surface area (Å²) in [5, 5.41) is 0.536. The minimum atomic E-state index is -0.0397. The van der Waals surface area contributed by atoms with Crippen molar-refractivity contribution < 1.29 is 9.53 Å². The summed E-state index contributed by atoms with van der Waals surface area (Å²) in [6.45, 7) is 2.76. The number of nitrogens with zero attached hydrogens (tertiary/aromatic N) is 2. The Morgan fingerprint density at radius 2 is 2.20 bits per heavy atom. The van der Waals surface area contributed by atoms with Crippen LogP contribution in [0.3, 0.4) is 0 Å². The van der Waals surface area contributed by atoms with Gasteiger partial charge in [0.15, 0.2) is 0 Å². The lowest BCUT2D eigenvalue weighted by molar-refractivity contribution is 0.00829. The van der Waals surface area contributed by atoms with E-state index < -0.39 is 0 Å². The van der Waals surface area contributed by atoms with E-state index in [1.807, 2.05) is 4.90 Å². The van der Waals surface area contributed by atoms with Crippen LogP contribution >= 0.6 is 11.6 Å². The molecule has 0 bridgehead atoms. The highest BCUT2D eigenvalue weighted by molar-refractivity contribution is 6.30. The minimum Gasteiger partial charge on any atom is -0.378 e. The first-order chi connectivity index (χ1) is 9.70. The van der Waals surface area contributed by atoms with E-state index in [9.17, 15) is 4.79 Å². The molecule has 6 heteroatoms. The van der Waals surface area contributed by atoms with Crippen LogP contribution in [0.4, 0.5) is 0 Å². The first-order valence-corrected chi connectivity index (χ1v) is 7.31. The second-order valence-corrected chi connectivity index (χ2v) is 5.30. The van der Waals surface area contributed by atoms with E-state index in [0.717, 1.165) is 19.3 Å². The first-order valence-electron chi connectivity index (χ1n) is 6.93. The molecule has 5 nitrogen and oxygen atoms in total. The molecule has 0 aliphatic carbocycles. The topological polar surface area (TPSA) is 68.5 Å². The smallest absolute Gasteiger partial charge is 0.272 e. The van der Waals surface area contributed by atoms with Gasteiger partial charge in [0.1, 0.15) is 5.69 Å². The maximum absolute atomic E-state index is 12.2. The Morgan fingerprint density at radius 1 is 1.45 bits per heavy atom. The molecule has 1 aromatic rings. The highest BCUT2D eigenvalue weighted by atomic mass is 35.5. The van der Waals surface area contributed by atoms with E-state index in [2.05, 4.69) is 4.98 Å². The summed E-state index contributed by atoms with van der Waals surface area (Å²) >= 11 is 5.77. The lowest BCUT2D eigenvalue weighted by atomic mass is 10.1. The Balaban J connectivity index is 1.81. The van der Waals surface area contributed by atoms with E-state index in [0.29, 0.717) is 37.0 Å². The van der Waals surface area contributed by atoms with Crippen molar-refractivity contribution in [3.8, 4) is 0 Å². The number of piperidine rings is 1. The van der Waals surface area contributed by atoms with Crippen molar-refractivity contribution in [3.63, 3.8) is 0 Å². The molecule has 1 fully saturated rings. The number of pyridine rings is 1. The number of carbonyl (C=O) groups excluding carboxylic acids is 1. The SMILES string of the molecule is NCCCOC1CCN(C(=O)c2ccc(Cl)cn2)CC1. The van der Waals surface area contributed by atoms with Crippen LogP contribution in [0.1, 0.15) is 29.8 Å². The van der Waals surface area contributed by atoms with Crippen molar-refractivity contribution >= 4 is 17.5 Å². The number of carbonyl (C=O) groups is 1. The van der Waals surface area contributed by atoms with Gasteiger partial charge in [0.25, 0.3) is 5.91 Å². The molecule has 1 aliphatic heterocycles. The monoisotopic (exact) mass is 297 g/mol. The maximum atomic E-state index is 12.2. The molecule has 1 aromatic heterocycles. The molecule has 0 atom stereocenters. The number of hydrogen-bond donors (Lipinski definition) is 1. The summed E-state index contributed by atoms with van der Waals surface area (Å²) < 4.78 is 5.72. The van der Waals surface area contributed by atoms with Gasteiger partial charge in [-0.05, 0) is 37.9 Å². The summed E-state index contributed by atoms with van der Waals surface area (Å²) in [5.74, 6) is -0.0397. The fourth-order valence-electron chi connectivity index (χ4n) is 2.22. The number of nitrogens with two attached hydrogens (primary N) is 1. The molecular formula is C14H20ClN3O2. The Bertz CT molecular complexity index is 431. The number of halogens is 1. The van der Waals surface area contributed by atoms with E-state index in [1.54, 1.807) is 12.1 Å². The molecule has 0 saturated carbocycles. The Morgan fingerprint density at radius 3 is 2.80 bits per heavy atom. The van der Waals surface area contributed by atoms with E-state index >= 15 is 0 Å². The summed E-state index contributed by atoms with van der Waals surface area (Å²) in [4.78, 5) is 18.1. The van der Waals surface area contributed by atoms with Crippen molar-refractivity contribution in [2.24, 2.45) is 5.73 Å².